The molecule has 1 aliphatic heterocycles. The lowest BCUT2D eigenvalue weighted by Gasteiger charge is -2.37. The predicted octanol–water partition coefficient (Wildman–Crippen LogP) is 2.81. The van der Waals surface area contributed by atoms with Gasteiger partial charge in [0.1, 0.15) is 5.82 Å². The molecule has 0 unspecified atom stereocenters. The third kappa shape index (κ3) is 3.23. The summed E-state index contributed by atoms with van der Waals surface area (Å²) in [5.74, 6) is 1.55. The number of nitrogens with zero attached hydrogens (tertiary/aromatic N) is 2. The number of fused-ring (bicyclic) bond motifs is 1. The fourth-order valence-corrected chi connectivity index (χ4v) is 4.07. The Labute approximate surface area is 158 Å². The Hall–Kier alpha value is -2.66. The average Bonchev–Trinajstić information content (AvgIpc) is 3.34. The molecule has 0 radical (unpaired) electrons. The van der Waals surface area contributed by atoms with Crippen LogP contribution in [-0.4, -0.2) is 47.0 Å². The van der Waals surface area contributed by atoms with E-state index in [1.165, 1.54) is 5.56 Å². The van der Waals surface area contributed by atoms with E-state index >= 15 is 0 Å². The van der Waals surface area contributed by atoms with Gasteiger partial charge in [0.15, 0.2) is 0 Å². The van der Waals surface area contributed by atoms with Crippen molar-refractivity contribution in [2.24, 2.45) is 0 Å². The number of amides is 1. The van der Waals surface area contributed by atoms with E-state index in [0.717, 1.165) is 49.3 Å². The summed E-state index contributed by atoms with van der Waals surface area (Å²) in [5.41, 5.74) is 3.61. The van der Waals surface area contributed by atoms with E-state index in [-0.39, 0.29) is 11.3 Å². The molecule has 27 heavy (non-hydrogen) atoms. The number of aromatic nitrogens is 2. The molecular weight excluding hydrogens is 336 g/mol. The van der Waals surface area contributed by atoms with Crippen LogP contribution >= 0.6 is 0 Å². The molecule has 1 amide bonds. The summed E-state index contributed by atoms with van der Waals surface area (Å²) in [6.45, 7) is 2.99. The second-order valence-electron chi connectivity index (χ2n) is 7.95. The third-order valence-electron chi connectivity index (χ3n) is 5.98. The van der Waals surface area contributed by atoms with Crippen LogP contribution in [0.1, 0.15) is 30.1 Å². The zero-order valence-electron chi connectivity index (χ0n) is 15.3. The fourth-order valence-electron chi connectivity index (χ4n) is 4.07. The first-order chi connectivity index (χ1) is 13.2. The van der Waals surface area contributed by atoms with Gasteiger partial charge in [0.2, 0.25) is 5.91 Å². The van der Waals surface area contributed by atoms with Gasteiger partial charge in [-0.25, -0.2) is 4.98 Å². The van der Waals surface area contributed by atoms with Crippen molar-refractivity contribution >= 4 is 16.9 Å². The van der Waals surface area contributed by atoms with Gasteiger partial charge in [0, 0.05) is 31.0 Å². The topological polar surface area (TPSA) is 61.0 Å². The van der Waals surface area contributed by atoms with Crippen LogP contribution in [0.5, 0.6) is 0 Å². The van der Waals surface area contributed by atoms with E-state index in [9.17, 15) is 4.79 Å². The Morgan fingerprint density at radius 3 is 2.59 bits per heavy atom. The molecule has 5 heteroatoms. The molecule has 2 aliphatic rings. The maximum atomic E-state index is 12.4. The molecule has 138 valence electrons. The van der Waals surface area contributed by atoms with Crippen LogP contribution in [0.4, 0.5) is 0 Å². The second-order valence-corrected chi connectivity index (χ2v) is 7.95. The van der Waals surface area contributed by atoms with Gasteiger partial charge in [0.25, 0.3) is 0 Å². The minimum Gasteiger partial charge on any atom is -0.354 e. The maximum Gasteiger partial charge on any atom is 0.234 e. The Kier molecular flexibility index (Phi) is 3.97. The van der Waals surface area contributed by atoms with Crippen molar-refractivity contribution in [3.63, 3.8) is 0 Å². The number of hydrogen-bond acceptors (Lipinski definition) is 3. The molecule has 2 heterocycles. The van der Waals surface area contributed by atoms with E-state index in [0.29, 0.717) is 12.5 Å². The van der Waals surface area contributed by atoms with Crippen LogP contribution in [0.2, 0.25) is 0 Å². The lowest BCUT2D eigenvalue weighted by Crippen LogP contribution is -2.50. The number of carbonyl (C=O) groups excluding carboxylic acids is 1. The normalized spacial score (nSPS) is 19.0. The number of hydrogen-bond donors (Lipinski definition) is 2. The lowest BCUT2D eigenvalue weighted by atomic mass is 9.96. The monoisotopic (exact) mass is 360 g/mol. The van der Waals surface area contributed by atoms with Crippen molar-refractivity contribution in [1.29, 1.82) is 0 Å². The van der Waals surface area contributed by atoms with Crippen LogP contribution in [0.25, 0.3) is 11.0 Å². The van der Waals surface area contributed by atoms with Crippen molar-refractivity contribution in [3.8, 4) is 0 Å². The summed E-state index contributed by atoms with van der Waals surface area (Å²) >= 11 is 0. The van der Waals surface area contributed by atoms with Crippen molar-refractivity contribution in [1.82, 2.24) is 20.2 Å². The number of carbonyl (C=O) groups is 1. The van der Waals surface area contributed by atoms with E-state index < -0.39 is 0 Å². The van der Waals surface area contributed by atoms with Crippen molar-refractivity contribution < 1.29 is 4.79 Å². The summed E-state index contributed by atoms with van der Waals surface area (Å²) < 4.78 is 0. The number of nitrogens with one attached hydrogen (secondary N) is 2. The summed E-state index contributed by atoms with van der Waals surface area (Å²) in [4.78, 5) is 22.6. The molecule has 5 rings (SSSR count). The molecule has 0 atom stereocenters. The highest BCUT2D eigenvalue weighted by molar-refractivity contribution is 5.78. The predicted molar refractivity (Wildman–Crippen MR) is 106 cm³/mol. The van der Waals surface area contributed by atoms with Crippen molar-refractivity contribution in [3.05, 3.63) is 66.0 Å². The van der Waals surface area contributed by atoms with Gasteiger partial charge in [-0.1, -0.05) is 42.5 Å². The van der Waals surface area contributed by atoms with Crippen LogP contribution in [0.15, 0.2) is 54.6 Å². The molecule has 1 saturated heterocycles. The van der Waals surface area contributed by atoms with E-state index in [2.05, 4.69) is 50.5 Å². The number of aromatic amines is 1. The van der Waals surface area contributed by atoms with Gasteiger partial charge in [-0.05, 0) is 30.5 Å². The molecule has 2 aromatic carbocycles. The quantitative estimate of drug-likeness (QED) is 0.711. The highest BCUT2D eigenvalue weighted by Crippen LogP contribution is 2.47. The minimum absolute atomic E-state index is 0.125. The van der Waals surface area contributed by atoms with Gasteiger partial charge >= 0.3 is 0 Å². The first-order valence-electron chi connectivity index (χ1n) is 9.71. The summed E-state index contributed by atoms with van der Waals surface area (Å²) in [6, 6.07) is 18.6. The molecule has 3 aromatic rings. The largest absolute Gasteiger partial charge is 0.354 e. The van der Waals surface area contributed by atoms with E-state index in [4.69, 9.17) is 0 Å². The fraction of sp³-hybridized carbons (Fsp3) is 0.364. The Morgan fingerprint density at radius 2 is 1.85 bits per heavy atom. The van der Waals surface area contributed by atoms with Crippen molar-refractivity contribution in [2.45, 2.75) is 24.2 Å². The minimum atomic E-state index is 0.125. The molecule has 5 nitrogen and oxygen atoms in total. The first-order valence-corrected chi connectivity index (χ1v) is 9.71. The average molecular weight is 360 g/mol. The smallest absolute Gasteiger partial charge is 0.234 e. The van der Waals surface area contributed by atoms with Gasteiger partial charge < -0.3 is 10.3 Å². The van der Waals surface area contributed by atoms with Crippen LogP contribution < -0.4 is 5.32 Å². The number of H-pyrrole nitrogens is 1. The highest BCUT2D eigenvalue weighted by atomic mass is 16.2. The number of para-hydroxylation sites is 2. The standard InChI is InChI=1S/C22H24N4O/c27-20(23-15-22(10-11-22)17-6-2-1-3-7-17)14-26-12-16(13-26)21-24-18-8-4-5-9-19(18)25-21/h1-9,16H,10-15H2,(H,23,27)(H,24,25). The van der Waals surface area contributed by atoms with Crippen LogP contribution in [0, 0.1) is 0 Å². The molecule has 2 fully saturated rings. The number of imidazole rings is 1. The Morgan fingerprint density at radius 1 is 1.11 bits per heavy atom. The Balaban J connectivity index is 1.11. The zero-order chi connectivity index (χ0) is 18.3. The number of likely N-dealkylation sites (tertiary alicyclic amines) is 1. The van der Waals surface area contributed by atoms with Crippen molar-refractivity contribution in [2.75, 3.05) is 26.2 Å². The summed E-state index contributed by atoms with van der Waals surface area (Å²) in [6.07, 6.45) is 2.32. The van der Waals surface area contributed by atoms with Gasteiger partial charge in [-0.2, -0.15) is 0 Å². The molecule has 1 aromatic heterocycles. The second kappa shape index (κ2) is 6.50. The summed E-state index contributed by atoms with van der Waals surface area (Å²) in [7, 11) is 0. The van der Waals surface area contributed by atoms with Gasteiger partial charge in [-0.15, -0.1) is 0 Å². The number of benzene rings is 2. The van der Waals surface area contributed by atoms with Gasteiger partial charge in [0.05, 0.1) is 17.6 Å². The highest BCUT2D eigenvalue weighted by Gasteiger charge is 2.44. The van der Waals surface area contributed by atoms with Crippen LogP contribution in [0.3, 0.4) is 0 Å². The third-order valence-corrected chi connectivity index (χ3v) is 5.98. The molecule has 1 aliphatic carbocycles. The SMILES string of the molecule is O=C(CN1CC(c2nc3ccccc3[nH]2)C1)NCC1(c2ccccc2)CC1. The molecule has 2 N–H and O–H groups in total. The molecule has 0 spiro atoms. The van der Waals surface area contributed by atoms with E-state index in [1.807, 2.05) is 24.3 Å². The molecular formula is C22H24N4O. The van der Waals surface area contributed by atoms with Gasteiger partial charge in [-0.3, -0.25) is 9.69 Å². The first kappa shape index (κ1) is 16.5. The zero-order valence-corrected chi connectivity index (χ0v) is 15.3. The summed E-state index contributed by atoms with van der Waals surface area (Å²) in [5, 5.41) is 3.16. The molecule has 1 saturated carbocycles. The molecule has 0 bridgehead atoms. The van der Waals surface area contributed by atoms with Crippen LogP contribution in [-0.2, 0) is 10.2 Å². The maximum absolute atomic E-state index is 12.4. The number of rotatable bonds is 6. The lowest BCUT2D eigenvalue weighted by molar-refractivity contribution is -0.123. The Bertz CT molecular complexity index is 922. The van der Waals surface area contributed by atoms with E-state index in [1.54, 1.807) is 0 Å².